The van der Waals surface area contributed by atoms with Crippen LogP contribution < -0.4 is 10.6 Å². The Morgan fingerprint density at radius 1 is 1.15 bits per heavy atom. The van der Waals surface area contributed by atoms with Crippen LogP contribution >= 0.6 is 0 Å². The third kappa shape index (κ3) is 3.15. The van der Waals surface area contributed by atoms with Crippen LogP contribution in [-0.4, -0.2) is 65.1 Å². The fourth-order valence-electron chi connectivity index (χ4n) is 4.11. The van der Waals surface area contributed by atoms with E-state index in [0.29, 0.717) is 23.7 Å². The van der Waals surface area contributed by atoms with Gasteiger partial charge in [-0.1, -0.05) is 12.1 Å². The van der Waals surface area contributed by atoms with Gasteiger partial charge in [0.2, 0.25) is 11.8 Å². The van der Waals surface area contributed by atoms with E-state index >= 15 is 0 Å². The fourth-order valence-corrected chi connectivity index (χ4v) is 4.11. The first-order valence-electron chi connectivity index (χ1n) is 9.25. The molecular formula is C19H22N4O4. The van der Waals surface area contributed by atoms with Crippen molar-refractivity contribution >= 4 is 23.6 Å². The van der Waals surface area contributed by atoms with Crippen LogP contribution in [0.2, 0.25) is 0 Å². The molecule has 4 amide bonds. The molecule has 0 saturated carbocycles. The van der Waals surface area contributed by atoms with E-state index in [9.17, 15) is 19.2 Å². The number of piperazine rings is 1. The Morgan fingerprint density at radius 3 is 2.70 bits per heavy atom. The van der Waals surface area contributed by atoms with E-state index in [0.717, 1.165) is 30.1 Å². The highest BCUT2D eigenvalue weighted by Gasteiger charge is 2.45. The standard InChI is InChI=1S/C19H22N4O4/c1-11-9-22(8-7-20-11)10-12-3-2-4-13-16(12)19(27)23(18(13)26)14-5-6-15(24)21-17(14)25/h2-4,11,14,20H,5-10H2,1H3,(H,21,24,25)/t11-,14?/m1/s1. The lowest BCUT2D eigenvalue weighted by molar-refractivity contribution is -0.136. The number of benzene rings is 1. The van der Waals surface area contributed by atoms with Crippen molar-refractivity contribution in [1.82, 2.24) is 20.4 Å². The molecule has 8 nitrogen and oxygen atoms in total. The van der Waals surface area contributed by atoms with Crippen molar-refractivity contribution in [2.75, 3.05) is 19.6 Å². The number of nitrogens with zero attached hydrogens (tertiary/aromatic N) is 2. The number of hydrogen-bond donors (Lipinski definition) is 2. The van der Waals surface area contributed by atoms with Crippen molar-refractivity contribution in [2.45, 2.75) is 38.4 Å². The monoisotopic (exact) mass is 370 g/mol. The van der Waals surface area contributed by atoms with Crippen LogP contribution in [0, 0.1) is 0 Å². The van der Waals surface area contributed by atoms with Crippen LogP contribution in [0.1, 0.15) is 46.0 Å². The highest BCUT2D eigenvalue weighted by atomic mass is 16.2. The van der Waals surface area contributed by atoms with Crippen LogP contribution in [0.15, 0.2) is 18.2 Å². The second kappa shape index (κ2) is 6.86. The molecular weight excluding hydrogens is 348 g/mol. The number of carbonyl (C=O) groups is 4. The Labute approximate surface area is 156 Å². The van der Waals surface area contributed by atoms with Gasteiger partial charge in [0.15, 0.2) is 0 Å². The van der Waals surface area contributed by atoms with Crippen LogP contribution in [0.4, 0.5) is 0 Å². The van der Waals surface area contributed by atoms with E-state index in [1.165, 1.54) is 0 Å². The molecule has 27 heavy (non-hydrogen) atoms. The number of rotatable bonds is 3. The summed E-state index contributed by atoms with van der Waals surface area (Å²) in [7, 11) is 0. The molecule has 1 aromatic carbocycles. The maximum absolute atomic E-state index is 13.1. The van der Waals surface area contributed by atoms with E-state index < -0.39 is 23.8 Å². The summed E-state index contributed by atoms with van der Waals surface area (Å²) in [4.78, 5) is 52.8. The molecule has 8 heteroatoms. The molecule has 2 fully saturated rings. The summed E-state index contributed by atoms with van der Waals surface area (Å²) in [5.41, 5.74) is 1.53. The van der Waals surface area contributed by atoms with Gasteiger partial charge in [-0.15, -0.1) is 0 Å². The highest BCUT2D eigenvalue weighted by molar-refractivity contribution is 6.24. The minimum Gasteiger partial charge on any atom is -0.312 e. The Kier molecular flexibility index (Phi) is 4.53. The molecule has 0 aromatic heterocycles. The summed E-state index contributed by atoms with van der Waals surface area (Å²) in [5, 5.41) is 5.60. The molecule has 3 aliphatic rings. The summed E-state index contributed by atoms with van der Waals surface area (Å²) in [6.45, 7) is 5.31. The summed E-state index contributed by atoms with van der Waals surface area (Å²) >= 11 is 0. The molecule has 3 heterocycles. The Balaban J connectivity index is 1.61. The topological polar surface area (TPSA) is 98.8 Å². The van der Waals surface area contributed by atoms with Gasteiger partial charge in [-0.3, -0.25) is 34.3 Å². The minimum absolute atomic E-state index is 0.120. The van der Waals surface area contributed by atoms with Crippen molar-refractivity contribution in [3.63, 3.8) is 0 Å². The first-order chi connectivity index (χ1) is 13.0. The van der Waals surface area contributed by atoms with Crippen molar-refractivity contribution in [2.24, 2.45) is 0 Å². The van der Waals surface area contributed by atoms with Crippen molar-refractivity contribution < 1.29 is 19.2 Å². The van der Waals surface area contributed by atoms with Gasteiger partial charge in [0.25, 0.3) is 11.8 Å². The summed E-state index contributed by atoms with van der Waals surface area (Å²) in [6, 6.07) is 4.71. The van der Waals surface area contributed by atoms with Crippen molar-refractivity contribution in [1.29, 1.82) is 0 Å². The van der Waals surface area contributed by atoms with Gasteiger partial charge >= 0.3 is 0 Å². The second-order valence-electron chi connectivity index (χ2n) is 7.38. The molecule has 2 saturated heterocycles. The zero-order valence-corrected chi connectivity index (χ0v) is 15.2. The average molecular weight is 370 g/mol. The summed E-state index contributed by atoms with van der Waals surface area (Å²) in [5.74, 6) is -1.86. The second-order valence-corrected chi connectivity index (χ2v) is 7.38. The largest absolute Gasteiger partial charge is 0.312 e. The number of carbonyl (C=O) groups excluding carboxylic acids is 4. The molecule has 0 aliphatic carbocycles. The Morgan fingerprint density at radius 2 is 1.96 bits per heavy atom. The lowest BCUT2D eigenvalue weighted by Crippen LogP contribution is -2.54. The van der Waals surface area contributed by atoms with Gasteiger partial charge in [-0.05, 0) is 25.0 Å². The van der Waals surface area contributed by atoms with Gasteiger partial charge in [0.1, 0.15) is 6.04 Å². The third-order valence-corrected chi connectivity index (χ3v) is 5.40. The lowest BCUT2D eigenvalue weighted by Gasteiger charge is -2.32. The average Bonchev–Trinajstić information content (AvgIpc) is 2.87. The van der Waals surface area contributed by atoms with Crippen molar-refractivity contribution in [3.8, 4) is 0 Å². The SMILES string of the molecule is C[C@@H]1CN(Cc2cccc3c2C(=O)N(C2CCC(=O)NC2=O)C3=O)CCN1. The quantitative estimate of drug-likeness (QED) is 0.720. The number of imide groups is 2. The van der Waals surface area contributed by atoms with Crippen molar-refractivity contribution in [3.05, 3.63) is 34.9 Å². The number of nitrogens with one attached hydrogen (secondary N) is 2. The molecule has 1 unspecified atom stereocenters. The van der Waals surface area contributed by atoms with Gasteiger partial charge in [0.05, 0.1) is 11.1 Å². The molecule has 3 aliphatic heterocycles. The molecule has 2 atom stereocenters. The Hall–Kier alpha value is -2.58. The van der Waals surface area contributed by atoms with Gasteiger partial charge in [-0.25, -0.2) is 0 Å². The van der Waals surface area contributed by atoms with Gasteiger partial charge in [-0.2, -0.15) is 0 Å². The number of piperidine rings is 1. The smallest absolute Gasteiger partial charge is 0.262 e. The lowest BCUT2D eigenvalue weighted by atomic mass is 10.0. The Bertz CT molecular complexity index is 837. The maximum Gasteiger partial charge on any atom is 0.262 e. The van der Waals surface area contributed by atoms with Crippen LogP contribution in [-0.2, 0) is 16.1 Å². The van der Waals surface area contributed by atoms with Crippen LogP contribution in [0.5, 0.6) is 0 Å². The van der Waals surface area contributed by atoms with Crippen LogP contribution in [0.3, 0.4) is 0 Å². The number of fused-ring (bicyclic) bond motifs is 1. The van der Waals surface area contributed by atoms with E-state index in [2.05, 4.69) is 22.5 Å². The van der Waals surface area contributed by atoms with E-state index in [1.54, 1.807) is 12.1 Å². The minimum atomic E-state index is -0.929. The fraction of sp³-hybridized carbons (Fsp3) is 0.474. The predicted octanol–water partition coefficient (Wildman–Crippen LogP) is -0.118. The van der Waals surface area contributed by atoms with Crippen LogP contribution in [0.25, 0.3) is 0 Å². The third-order valence-electron chi connectivity index (χ3n) is 5.40. The summed E-state index contributed by atoms with van der Waals surface area (Å²) < 4.78 is 0. The van der Waals surface area contributed by atoms with Gasteiger partial charge in [0, 0.05) is 38.6 Å². The zero-order chi connectivity index (χ0) is 19.1. The highest BCUT2D eigenvalue weighted by Crippen LogP contribution is 2.30. The van der Waals surface area contributed by atoms with Gasteiger partial charge < -0.3 is 5.32 Å². The number of amides is 4. The first-order valence-corrected chi connectivity index (χ1v) is 9.25. The van der Waals surface area contributed by atoms with E-state index in [-0.39, 0.29) is 18.7 Å². The maximum atomic E-state index is 13.1. The molecule has 0 bridgehead atoms. The number of hydrogen-bond acceptors (Lipinski definition) is 6. The zero-order valence-electron chi connectivity index (χ0n) is 15.2. The molecule has 0 spiro atoms. The summed E-state index contributed by atoms with van der Waals surface area (Å²) in [6.07, 6.45) is 0.288. The van der Waals surface area contributed by atoms with E-state index in [1.807, 2.05) is 6.07 Å². The van der Waals surface area contributed by atoms with E-state index in [4.69, 9.17) is 0 Å². The molecule has 1 aromatic rings. The normalized spacial score (nSPS) is 26.3. The predicted molar refractivity (Wildman–Crippen MR) is 95.9 cm³/mol. The molecule has 4 rings (SSSR count). The molecule has 2 N–H and O–H groups in total. The molecule has 142 valence electrons. The molecule has 0 radical (unpaired) electrons. The first kappa shape index (κ1) is 17.8.